The summed E-state index contributed by atoms with van der Waals surface area (Å²) in [5.74, 6) is -0.0194. The molecule has 0 saturated heterocycles. The predicted octanol–water partition coefficient (Wildman–Crippen LogP) is 2.56. The zero-order valence-electron chi connectivity index (χ0n) is 11.8. The molecule has 0 unspecified atom stereocenters. The van der Waals surface area contributed by atoms with Gasteiger partial charge in [0.2, 0.25) is 0 Å². The summed E-state index contributed by atoms with van der Waals surface area (Å²) in [6.45, 7) is 0.693. The van der Waals surface area contributed by atoms with Gasteiger partial charge in [0, 0.05) is 42.8 Å². The van der Waals surface area contributed by atoms with Gasteiger partial charge in [-0.25, -0.2) is 0 Å². The fourth-order valence-electron chi connectivity index (χ4n) is 2.78. The van der Waals surface area contributed by atoms with E-state index in [1.807, 2.05) is 4.90 Å². The van der Waals surface area contributed by atoms with Gasteiger partial charge < -0.3 is 9.47 Å². The van der Waals surface area contributed by atoms with Crippen LogP contribution in [0, 0.1) is 0 Å². The summed E-state index contributed by atoms with van der Waals surface area (Å²) in [4.78, 5) is 26.3. The van der Waals surface area contributed by atoms with Crippen LogP contribution in [-0.4, -0.2) is 33.3 Å². The van der Waals surface area contributed by atoms with Crippen LogP contribution in [0.2, 0.25) is 0 Å². The molecule has 0 atom stereocenters. The van der Waals surface area contributed by atoms with Crippen molar-refractivity contribution in [2.45, 2.75) is 38.1 Å². The first kappa shape index (κ1) is 15.3. The number of halogens is 1. The summed E-state index contributed by atoms with van der Waals surface area (Å²) in [5.41, 5.74) is 0.359. The Hall–Kier alpha value is -1.10. The monoisotopic (exact) mass is 340 g/mol. The third-order valence-electron chi connectivity index (χ3n) is 3.95. The second-order valence-electron chi connectivity index (χ2n) is 5.34. The molecule has 1 aromatic heterocycles. The molecule has 1 aliphatic carbocycles. The maximum absolute atomic E-state index is 12.7. The van der Waals surface area contributed by atoms with E-state index < -0.39 is 0 Å². The van der Waals surface area contributed by atoms with Crippen molar-refractivity contribution in [2.24, 2.45) is 7.05 Å². The van der Waals surface area contributed by atoms with E-state index in [9.17, 15) is 9.59 Å². The Morgan fingerprint density at radius 1 is 1.40 bits per heavy atom. The van der Waals surface area contributed by atoms with Gasteiger partial charge >= 0.3 is 0 Å². The van der Waals surface area contributed by atoms with E-state index in [2.05, 4.69) is 15.9 Å². The summed E-state index contributed by atoms with van der Waals surface area (Å²) >= 11 is 3.42. The summed E-state index contributed by atoms with van der Waals surface area (Å²) in [5, 5.41) is 0.764. The van der Waals surface area contributed by atoms with E-state index in [4.69, 9.17) is 0 Å². The molecule has 4 nitrogen and oxygen atoms in total. The van der Waals surface area contributed by atoms with Gasteiger partial charge in [-0.15, -0.1) is 0 Å². The molecule has 1 aliphatic rings. The van der Waals surface area contributed by atoms with E-state index in [1.54, 1.807) is 19.3 Å². The lowest BCUT2D eigenvalue weighted by molar-refractivity contribution is 0.0651. The minimum Gasteiger partial charge on any atom is -0.335 e. The Labute approximate surface area is 127 Å². The van der Waals surface area contributed by atoms with Gasteiger partial charge in [0.1, 0.15) is 0 Å². The molecule has 0 aromatic carbocycles. The van der Waals surface area contributed by atoms with Crippen molar-refractivity contribution in [3.63, 3.8) is 0 Å². The first-order valence-corrected chi connectivity index (χ1v) is 8.29. The minimum absolute atomic E-state index is 0.0194. The van der Waals surface area contributed by atoms with Crippen LogP contribution in [0.1, 0.15) is 42.5 Å². The third kappa shape index (κ3) is 3.51. The molecular weight excluding hydrogens is 320 g/mol. The topological polar surface area (TPSA) is 42.3 Å². The molecular formula is C15H21BrN2O2. The van der Waals surface area contributed by atoms with E-state index in [1.165, 1.54) is 29.9 Å². The van der Waals surface area contributed by atoms with Gasteiger partial charge in [0.05, 0.1) is 0 Å². The van der Waals surface area contributed by atoms with E-state index in [-0.39, 0.29) is 11.5 Å². The van der Waals surface area contributed by atoms with Crippen LogP contribution in [0.3, 0.4) is 0 Å². The Kier molecular flexibility index (Phi) is 5.40. The van der Waals surface area contributed by atoms with E-state index in [0.29, 0.717) is 18.2 Å². The quantitative estimate of drug-likeness (QED) is 0.790. The lowest BCUT2D eigenvalue weighted by atomic mass is 9.94. The first-order chi connectivity index (χ1) is 9.63. The van der Waals surface area contributed by atoms with E-state index >= 15 is 0 Å². The smallest absolute Gasteiger partial charge is 0.254 e. The summed E-state index contributed by atoms with van der Waals surface area (Å²) < 4.78 is 1.48. The molecule has 0 aliphatic heterocycles. The average Bonchev–Trinajstić information content (AvgIpc) is 2.48. The van der Waals surface area contributed by atoms with Gasteiger partial charge in [-0.05, 0) is 18.9 Å². The molecule has 2 rings (SSSR count). The van der Waals surface area contributed by atoms with Crippen molar-refractivity contribution in [3.05, 3.63) is 34.2 Å². The second kappa shape index (κ2) is 7.07. The molecule has 5 heteroatoms. The minimum atomic E-state index is -0.140. The molecule has 1 saturated carbocycles. The normalized spacial score (nSPS) is 16.1. The number of pyridine rings is 1. The molecule has 0 N–H and O–H groups in total. The molecule has 1 aromatic rings. The number of alkyl halides is 1. The Morgan fingerprint density at radius 2 is 2.10 bits per heavy atom. The highest BCUT2D eigenvalue weighted by Crippen LogP contribution is 2.24. The Bertz CT molecular complexity index is 521. The molecule has 20 heavy (non-hydrogen) atoms. The van der Waals surface area contributed by atoms with Gasteiger partial charge in [-0.2, -0.15) is 0 Å². The van der Waals surface area contributed by atoms with Crippen molar-refractivity contribution in [3.8, 4) is 0 Å². The van der Waals surface area contributed by atoms with Gasteiger partial charge in [0.15, 0.2) is 0 Å². The van der Waals surface area contributed by atoms with Crippen molar-refractivity contribution < 1.29 is 4.79 Å². The van der Waals surface area contributed by atoms with Crippen LogP contribution >= 0.6 is 15.9 Å². The molecule has 1 fully saturated rings. The summed E-state index contributed by atoms with van der Waals surface area (Å²) in [6.07, 6.45) is 7.44. The lowest BCUT2D eigenvalue weighted by Gasteiger charge is -2.34. The fourth-order valence-corrected chi connectivity index (χ4v) is 3.16. The Balaban J connectivity index is 2.21. The van der Waals surface area contributed by atoms with Crippen LogP contribution < -0.4 is 5.56 Å². The zero-order chi connectivity index (χ0) is 14.5. The fraction of sp³-hybridized carbons (Fsp3) is 0.600. The number of rotatable bonds is 4. The third-order valence-corrected chi connectivity index (χ3v) is 4.31. The number of hydrogen-bond donors (Lipinski definition) is 0. The van der Waals surface area contributed by atoms with Crippen molar-refractivity contribution in [2.75, 3.05) is 11.9 Å². The van der Waals surface area contributed by atoms with Crippen molar-refractivity contribution in [1.29, 1.82) is 0 Å². The van der Waals surface area contributed by atoms with Gasteiger partial charge in [0.25, 0.3) is 11.5 Å². The highest BCUT2D eigenvalue weighted by Gasteiger charge is 2.25. The van der Waals surface area contributed by atoms with Crippen LogP contribution in [0.25, 0.3) is 0 Å². The highest BCUT2D eigenvalue weighted by atomic mass is 79.9. The van der Waals surface area contributed by atoms with Gasteiger partial charge in [-0.1, -0.05) is 35.2 Å². The molecule has 0 radical (unpaired) electrons. The second-order valence-corrected chi connectivity index (χ2v) is 6.14. The maximum atomic E-state index is 12.7. The number of carbonyl (C=O) groups is 1. The molecule has 1 amide bonds. The largest absolute Gasteiger partial charge is 0.335 e. The van der Waals surface area contributed by atoms with Crippen molar-refractivity contribution >= 4 is 21.8 Å². The number of aromatic nitrogens is 1. The molecule has 0 spiro atoms. The summed E-state index contributed by atoms with van der Waals surface area (Å²) in [6, 6.07) is 3.48. The van der Waals surface area contributed by atoms with Crippen LogP contribution in [-0.2, 0) is 7.05 Å². The van der Waals surface area contributed by atoms with E-state index in [0.717, 1.165) is 18.2 Å². The van der Waals surface area contributed by atoms with Crippen LogP contribution in [0.15, 0.2) is 23.1 Å². The number of amides is 1. The number of hydrogen-bond acceptors (Lipinski definition) is 2. The molecule has 1 heterocycles. The number of carbonyl (C=O) groups excluding carboxylic acids is 1. The standard InChI is InChI=1S/C15H21BrN2O2/c1-17-9-7-12(11-14(17)19)15(20)18(10-8-16)13-5-3-2-4-6-13/h7,9,11,13H,2-6,8,10H2,1H3. The molecule has 0 bridgehead atoms. The van der Waals surface area contributed by atoms with Crippen molar-refractivity contribution in [1.82, 2.24) is 9.47 Å². The van der Waals surface area contributed by atoms with Crippen LogP contribution in [0.4, 0.5) is 0 Å². The SMILES string of the molecule is Cn1ccc(C(=O)N(CCBr)C2CCCCC2)cc1=O. The maximum Gasteiger partial charge on any atom is 0.254 e. The Morgan fingerprint density at radius 3 is 2.70 bits per heavy atom. The number of nitrogens with zero attached hydrogens (tertiary/aromatic N) is 2. The summed E-state index contributed by atoms with van der Waals surface area (Å²) in [7, 11) is 1.69. The zero-order valence-corrected chi connectivity index (χ0v) is 13.4. The average molecular weight is 341 g/mol. The molecule has 110 valence electrons. The van der Waals surface area contributed by atoms with Gasteiger partial charge in [-0.3, -0.25) is 9.59 Å². The number of aryl methyl sites for hydroxylation is 1. The predicted molar refractivity (Wildman–Crippen MR) is 83.4 cm³/mol. The first-order valence-electron chi connectivity index (χ1n) is 7.17. The van der Waals surface area contributed by atoms with Crippen LogP contribution in [0.5, 0.6) is 0 Å². The highest BCUT2D eigenvalue weighted by molar-refractivity contribution is 9.09. The lowest BCUT2D eigenvalue weighted by Crippen LogP contribution is -2.43.